The summed E-state index contributed by atoms with van der Waals surface area (Å²) in [5, 5.41) is 22.6. The normalized spacial score (nSPS) is 37.7. The van der Waals surface area contributed by atoms with Crippen molar-refractivity contribution >= 4 is 58.2 Å². The number of hydrogen-bond acceptors (Lipinski definition) is 17. The molecule has 3 saturated heterocycles. The molecule has 3 aliphatic heterocycles. The Kier molecular flexibility index (Phi) is 7.52. The van der Waals surface area contributed by atoms with E-state index >= 15 is 0 Å². The minimum absolute atomic E-state index is 0.0314. The second kappa shape index (κ2) is 11.0. The summed E-state index contributed by atoms with van der Waals surface area (Å²) in [6.07, 6.45) is -5.75. The fraction of sp³-hybridized carbons (Fsp3) is 0.524. The zero-order valence-electron chi connectivity index (χ0n) is 21.9. The molecule has 0 spiro atoms. The number of rotatable bonds is 2. The van der Waals surface area contributed by atoms with Crippen LogP contribution in [0.5, 0.6) is 0 Å². The lowest BCUT2D eigenvalue weighted by Gasteiger charge is -2.30. The summed E-state index contributed by atoms with van der Waals surface area (Å²) in [6.45, 7) is 0.851. The maximum Gasteiger partial charge on any atom is 0.279 e. The number of fused-ring (bicyclic) bond motifs is 5. The largest absolute Gasteiger partial charge is 0.387 e. The van der Waals surface area contributed by atoms with Crippen LogP contribution in [0, 0.1) is 6.92 Å². The van der Waals surface area contributed by atoms with Gasteiger partial charge >= 0.3 is 0 Å². The van der Waals surface area contributed by atoms with Gasteiger partial charge in [-0.1, -0.05) is 0 Å². The first-order chi connectivity index (χ1) is 21.3. The van der Waals surface area contributed by atoms with Crippen LogP contribution in [0.2, 0.25) is 0 Å². The summed E-state index contributed by atoms with van der Waals surface area (Å²) < 4.78 is 66.1. The highest BCUT2D eigenvalue weighted by atomic mass is 31.2. The average Bonchev–Trinajstić information content (AvgIpc) is 3.72. The minimum atomic E-state index is -3.76. The van der Waals surface area contributed by atoms with Gasteiger partial charge in [0.25, 0.3) is 5.56 Å². The van der Waals surface area contributed by atoms with Crippen molar-refractivity contribution in [3.05, 3.63) is 35.2 Å². The SMILES string of the molecule is [BH3-][P@]1(=O)OCC2OC(n3cnc4c(=O)[nH]c(C)nc43)C(O[P@@]([BH3-])(=O)OCC3OC(n4cnc5c(N)ncnc54)C(O)C3O1)C2O. The number of nitrogens with one attached hydrogen (secondary N) is 1. The maximum absolute atomic E-state index is 13.8. The van der Waals surface area contributed by atoms with Gasteiger partial charge < -0.3 is 57.6 Å². The van der Waals surface area contributed by atoms with Crippen molar-refractivity contribution < 1.29 is 46.9 Å². The summed E-state index contributed by atoms with van der Waals surface area (Å²) in [5.74, 6) is 0.451. The molecule has 10 atom stereocenters. The van der Waals surface area contributed by atoms with Crippen molar-refractivity contribution in [1.82, 2.24) is 39.0 Å². The number of aromatic nitrogens is 8. The van der Waals surface area contributed by atoms with E-state index in [4.69, 9.17) is 33.3 Å². The molecule has 0 saturated carbocycles. The van der Waals surface area contributed by atoms with Crippen LogP contribution < -0.4 is 11.3 Å². The predicted octanol–water partition coefficient (Wildman–Crippen LogP) is -2.87. The molecule has 0 aliphatic carbocycles. The van der Waals surface area contributed by atoms with E-state index < -0.39 is 84.7 Å². The Morgan fingerprint density at radius 1 is 0.889 bits per heavy atom. The van der Waals surface area contributed by atoms with Crippen molar-refractivity contribution in [2.45, 2.75) is 56.0 Å². The highest BCUT2D eigenvalue weighted by Gasteiger charge is 2.51. The number of nitrogens with zero attached hydrogens (tertiary/aromatic N) is 7. The number of nitrogens with two attached hydrogens (primary N) is 1. The molecule has 0 amide bonds. The lowest BCUT2D eigenvalue weighted by atomic mass is 10.1. The van der Waals surface area contributed by atoms with Crippen molar-refractivity contribution in [3.8, 4) is 0 Å². The standard InChI is InChI=1S/C21H29B2N9O11P2/c1-7-29-18-11(19(35)30-7)28-6-32(18)21-15-12(33)8(40-21)2-38-44(22,36)42-14-9(3-39-45(23,37)43-15)41-20(13(14)34)31-5-27-10-16(24)25-4-26-17(10)31/h4-6,8-9,12-15,20-21,33-34H,2-3H2,1,22-23H3,(H2,24,25,26)(H,29,30,35)/q-2/t8?,9?,12?,13?,14?,15?,20?,21?,44-,45-/m0/s1. The van der Waals surface area contributed by atoms with Gasteiger partial charge in [0, 0.05) is 0 Å². The van der Waals surface area contributed by atoms with Crippen molar-refractivity contribution in [3.63, 3.8) is 0 Å². The van der Waals surface area contributed by atoms with Gasteiger partial charge in [0.05, 0.1) is 41.0 Å². The van der Waals surface area contributed by atoms with Crippen LogP contribution in [0.1, 0.15) is 18.3 Å². The van der Waals surface area contributed by atoms with Crippen LogP contribution >= 0.6 is 14.9 Å². The summed E-state index contributed by atoms with van der Waals surface area (Å²) >= 11 is 0. The van der Waals surface area contributed by atoms with Gasteiger partial charge in [-0.05, 0) is 6.92 Å². The van der Waals surface area contributed by atoms with Gasteiger partial charge in [-0.2, -0.15) is 0 Å². The molecule has 20 nitrogen and oxygen atoms in total. The van der Waals surface area contributed by atoms with E-state index in [9.17, 15) is 24.1 Å². The zero-order chi connectivity index (χ0) is 31.8. The number of imidazole rings is 2. The van der Waals surface area contributed by atoms with E-state index in [1.54, 1.807) is 6.92 Å². The van der Waals surface area contributed by atoms with Gasteiger partial charge in [0.15, 0.2) is 35.1 Å². The first kappa shape index (κ1) is 30.6. The highest BCUT2D eigenvalue weighted by Crippen LogP contribution is 2.53. The second-order valence-electron chi connectivity index (χ2n) is 9.85. The van der Waals surface area contributed by atoms with Crippen LogP contribution in [-0.2, 0) is 36.7 Å². The van der Waals surface area contributed by atoms with E-state index in [1.807, 2.05) is 0 Å². The first-order valence-electron chi connectivity index (χ1n) is 12.8. The number of aliphatic hydroxyl groups excluding tert-OH is 2. The highest BCUT2D eigenvalue weighted by molar-refractivity contribution is 7.79. The van der Waals surface area contributed by atoms with Crippen molar-refractivity contribution in [2.75, 3.05) is 18.9 Å². The molecule has 3 fully saturated rings. The Balaban J connectivity index is 1.21. The summed E-state index contributed by atoms with van der Waals surface area (Å²) in [6, 6.07) is 0. The molecule has 45 heavy (non-hydrogen) atoms. The van der Waals surface area contributed by atoms with Crippen LogP contribution in [-0.4, -0.2) is 114 Å². The summed E-state index contributed by atoms with van der Waals surface area (Å²) in [7, 11) is -9.84. The lowest BCUT2D eigenvalue weighted by molar-refractivity contribution is -0.0578. The molecular formula is C21H29B2N9O11P2-2. The smallest absolute Gasteiger partial charge is 0.279 e. The quantitative estimate of drug-likeness (QED) is 0.124. The summed E-state index contributed by atoms with van der Waals surface area (Å²) in [4.78, 5) is 35.8. The summed E-state index contributed by atoms with van der Waals surface area (Å²) in [5.41, 5.74) is 6.21. The second-order valence-corrected chi connectivity index (χ2v) is 11.7. The van der Waals surface area contributed by atoms with Gasteiger partial charge in [-0.3, -0.25) is 13.9 Å². The minimum Gasteiger partial charge on any atom is -0.387 e. The topological polar surface area (TPSA) is 263 Å². The van der Waals surface area contributed by atoms with Crippen LogP contribution in [0.4, 0.5) is 5.82 Å². The fourth-order valence-electron chi connectivity index (χ4n) is 5.21. The molecule has 24 heteroatoms. The number of aryl methyl sites for hydroxylation is 1. The van der Waals surface area contributed by atoms with E-state index in [1.165, 1.54) is 28.1 Å². The molecule has 8 unspecified atom stereocenters. The molecule has 2 bridgehead atoms. The molecule has 7 heterocycles. The van der Waals surface area contributed by atoms with Gasteiger partial charge in [0.1, 0.15) is 69.2 Å². The van der Waals surface area contributed by atoms with Crippen LogP contribution in [0.15, 0.2) is 23.8 Å². The van der Waals surface area contributed by atoms with Crippen molar-refractivity contribution in [1.29, 1.82) is 0 Å². The Morgan fingerprint density at radius 3 is 2.24 bits per heavy atom. The Bertz CT molecular complexity index is 1940. The van der Waals surface area contributed by atoms with Crippen LogP contribution in [0.3, 0.4) is 0 Å². The van der Waals surface area contributed by atoms with E-state index in [0.29, 0.717) is 11.3 Å². The molecule has 3 aliphatic rings. The first-order valence-corrected chi connectivity index (χ1v) is 15.0. The third kappa shape index (κ3) is 5.44. The number of aromatic amines is 1. The number of hydrogen-bond donors (Lipinski definition) is 4. The average molecular weight is 667 g/mol. The van der Waals surface area contributed by atoms with Crippen LogP contribution in [0.25, 0.3) is 22.3 Å². The third-order valence-corrected chi connectivity index (χ3v) is 8.76. The van der Waals surface area contributed by atoms with E-state index in [-0.39, 0.29) is 35.8 Å². The Labute approximate surface area is 254 Å². The van der Waals surface area contributed by atoms with Gasteiger partial charge in [-0.15, -0.1) is 0 Å². The molecule has 0 radical (unpaired) electrons. The number of H-pyrrole nitrogens is 1. The maximum atomic E-state index is 13.8. The predicted molar refractivity (Wildman–Crippen MR) is 159 cm³/mol. The number of ether oxygens (including phenoxy) is 2. The molecule has 7 rings (SSSR count). The zero-order valence-corrected chi connectivity index (χ0v) is 23.7. The lowest BCUT2D eigenvalue weighted by Crippen LogP contribution is -2.36. The molecule has 0 aromatic carbocycles. The number of aliphatic hydroxyl groups is 2. The molecular weight excluding hydrogens is 638 g/mol. The molecule has 4 aromatic heterocycles. The Hall–Kier alpha value is -3.03. The number of nitrogen functional groups attached to an aromatic ring is 1. The van der Waals surface area contributed by atoms with Gasteiger partial charge in [-0.25, -0.2) is 24.9 Å². The monoisotopic (exact) mass is 667 g/mol. The molecule has 4 aromatic rings. The van der Waals surface area contributed by atoms with E-state index in [2.05, 4.69) is 29.9 Å². The Morgan fingerprint density at radius 2 is 1.51 bits per heavy atom. The molecule has 5 N–H and O–H groups in total. The third-order valence-electron chi connectivity index (χ3n) is 7.21. The van der Waals surface area contributed by atoms with Crippen molar-refractivity contribution in [2.24, 2.45) is 0 Å². The van der Waals surface area contributed by atoms with E-state index in [0.717, 1.165) is 0 Å². The molecule has 242 valence electrons. The van der Waals surface area contributed by atoms with Gasteiger partial charge in [0.2, 0.25) is 0 Å². The fourth-order valence-corrected chi connectivity index (χ4v) is 6.76. The number of anilines is 1.